The number of nitrogens with zero attached hydrogens (tertiary/aromatic N) is 3. The number of halogens is 4. The van der Waals surface area contributed by atoms with Crippen LogP contribution < -0.4 is 19.5 Å². The maximum Gasteiger partial charge on any atom is 0.573 e. The smallest absolute Gasteiger partial charge is 0.493 e. The van der Waals surface area contributed by atoms with Gasteiger partial charge < -0.3 is 24.4 Å². The highest BCUT2D eigenvalue weighted by atomic mass is 35.5. The van der Waals surface area contributed by atoms with Gasteiger partial charge in [-0.3, -0.25) is 9.78 Å². The Morgan fingerprint density at radius 2 is 1.90 bits per heavy atom. The van der Waals surface area contributed by atoms with Crippen molar-refractivity contribution in [2.75, 3.05) is 25.5 Å². The number of carbonyl (C=O) groups is 1. The third kappa shape index (κ3) is 7.27. The second-order valence-corrected chi connectivity index (χ2v) is 8.75. The lowest BCUT2D eigenvalue weighted by atomic mass is 10.1. The summed E-state index contributed by atoms with van der Waals surface area (Å²) in [7, 11) is 1.49. The monoisotopic (exact) mass is 576 g/mol. The number of nitriles is 1. The number of methoxy groups -OCH3 is 1. The van der Waals surface area contributed by atoms with Crippen LogP contribution >= 0.6 is 11.6 Å². The summed E-state index contributed by atoms with van der Waals surface area (Å²) in [6.07, 6.45) is -1.20. The largest absolute Gasteiger partial charge is 0.573 e. The first kappa shape index (κ1) is 30.4. The number of anilines is 2. The van der Waals surface area contributed by atoms with Crippen LogP contribution in [0.15, 0.2) is 49.2 Å². The van der Waals surface area contributed by atoms with Crippen molar-refractivity contribution in [3.8, 4) is 23.3 Å². The van der Waals surface area contributed by atoms with Crippen molar-refractivity contribution in [3.63, 3.8) is 0 Å². The van der Waals surface area contributed by atoms with E-state index >= 15 is 0 Å². The number of amides is 1. The van der Waals surface area contributed by atoms with Gasteiger partial charge in [0.25, 0.3) is 0 Å². The van der Waals surface area contributed by atoms with Crippen LogP contribution in [0.3, 0.4) is 0 Å². The van der Waals surface area contributed by atoms with Crippen LogP contribution in [0, 0.1) is 11.3 Å². The lowest BCUT2D eigenvalue weighted by Crippen LogP contribution is -2.41. The third-order valence-electron chi connectivity index (χ3n) is 5.92. The molecule has 3 aromatic rings. The molecule has 0 radical (unpaired) electrons. The molecule has 0 atom stereocenters. The highest BCUT2D eigenvalue weighted by Gasteiger charge is 2.32. The second kappa shape index (κ2) is 13.3. The number of nitrogens with one attached hydrogen (secondary N) is 1. The van der Waals surface area contributed by atoms with Crippen molar-refractivity contribution in [2.24, 2.45) is 0 Å². The van der Waals surface area contributed by atoms with Gasteiger partial charge in [0.2, 0.25) is 5.91 Å². The summed E-state index contributed by atoms with van der Waals surface area (Å²) in [5.74, 6) is 0.170. The van der Waals surface area contributed by atoms with Crippen molar-refractivity contribution >= 4 is 39.8 Å². The van der Waals surface area contributed by atoms with Crippen molar-refractivity contribution in [2.45, 2.75) is 39.2 Å². The van der Waals surface area contributed by atoms with E-state index in [1.54, 1.807) is 17.0 Å². The van der Waals surface area contributed by atoms with E-state index in [0.717, 1.165) is 6.07 Å². The molecule has 0 spiro atoms. The number of alkyl halides is 3. The van der Waals surface area contributed by atoms with Crippen molar-refractivity contribution in [3.05, 3.63) is 59.8 Å². The molecule has 1 saturated heterocycles. The van der Waals surface area contributed by atoms with E-state index in [9.17, 15) is 23.2 Å². The van der Waals surface area contributed by atoms with E-state index in [4.69, 9.17) is 21.1 Å². The Morgan fingerprint density at radius 3 is 2.48 bits per heavy atom. The van der Waals surface area contributed by atoms with Gasteiger partial charge in [-0.1, -0.05) is 32.0 Å². The lowest BCUT2D eigenvalue weighted by molar-refractivity contribution is -0.274. The number of likely N-dealkylation sites (tertiary alicyclic amines) is 1. The molecule has 0 saturated carbocycles. The number of rotatable bonds is 7. The highest BCUT2D eigenvalue weighted by Crippen LogP contribution is 2.39. The molecule has 0 aliphatic carbocycles. The van der Waals surface area contributed by atoms with Crippen molar-refractivity contribution < 1.29 is 32.2 Å². The third-order valence-corrected chi connectivity index (χ3v) is 6.22. The zero-order chi connectivity index (χ0) is 29.4. The summed E-state index contributed by atoms with van der Waals surface area (Å²) >= 11 is 6.00. The molecule has 1 aliphatic rings. The molecule has 0 unspecified atom stereocenters. The van der Waals surface area contributed by atoms with Gasteiger partial charge >= 0.3 is 6.36 Å². The van der Waals surface area contributed by atoms with Crippen LogP contribution in [0.25, 0.3) is 10.9 Å². The Morgan fingerprint density at radius 1 is 1.20 bits per heavy atom. The number of ether oxygens (including phenoxy) is 3. The van der Waals surface area contributed by atoms with Gasteiger partial charge in [0.1, 0.15) is 17.9 Å². The first-order chi connectivity index (χ1) is 19.1. The van der Waals surface area contributed by atoms with E-state index in [0.29, 0.717) is 59.7 Å². The Bertz CT molecular complexity index is 1420. The molecule has 212 valence electrons. The molecule has 0 bridgehead atoms. The first-order valence-electron chi connectivity index (χ1n) is 12.4. The van der Waals surface area contributed by atoms with Crippen LogP contribution in [-0.2, 0) is 4.79 Å². The summed E-state index contributed by atoms with van der Waals surface area (Å²) in [6.45, 7) is 8.56. The number of benzene rings is 2. The van der Waals surface area contributed by atoms with E-state index in [1.165, 1.54) is 31.5 Å². The molecular formula is C28H28ClF3N4O4. The van der Waals surface area contributed by atoms with Gasteiger partial charge in [0.15, 0.2) is 11.5 Å². The van der Waals surface area contributed by atoms with Gasteiger partial charge in [-0.25, -0.2) is 0 Å². The summed E-state index contributed by atoms with van der Waals surface area (Å²) in [4.78, 5) is 17.9. The van der Waals surface area contributed by atoms with Crippen LogP contribution in [0.5, 0.6) is 17.2 Å². The fraction of sp³-hybridized carbons (Fsp3) is 0.321. The number of carbonyl (C=O) groups excluding carboxylic acids is 1. The minimum atomic E-state index is -4.89. The zero-order valence-electron chi connectivity index (χ0n) is 22.1. The minimum absolute atomic E-state index is 0.129. The number of fused-ring (bicyclic) bond motifs is 1. The van der Waals surface area contributed by atoms with E-state index in [2.05, 4.69) is 27.7 Å². The predicted molar refractivity (Wildman–Crippen MR) is 146 cm³/mol. The average Bonchev–Trinajstić information content (AvgIpc) is 2.95. The minimum Gasteiger partial charge on any atom is -0.493 e. The zero-order valence-corrected chi connectivity index (χ0v) is 22.9. The van der Waals surface area contributed by atoms with Crippen molar-refractivity contribution in [1.82, 2.24) is 9.88 Å². The predicted octanol–water partition coefficient (Wildman–Crippen LogP) is 6.99. The molecular weight excluding hydrogens is 549 g/mol. The van der Waals surface area contributed by atoms with E-state index < -0.39 is 12.1 Å². The average molecular weight is 577 g/mol. The Hall–Kier alpha value is -4.17. The van der Waals surface area contributed by atoms with Gasteiger partial charge in [0, 0.05) is 49.3 Å². The molecule has 12 heteroatoms. The molecule has 1 N–H and O–H groups in total. The molecule has 1 fully saturated rings. The summed E-state index contributed by atoms with van der Waals surface area (Å²) < 4.78 is 53.4. The Labute approximate surface area is 234 Å². The lowest BCUT2D eigenvalue weighted by Gasteiger charge is -2.31. The maximum absolute atomic E-state index is 12.6. The molecule has 40 heavy (non-hydrogen) atoms. The molecule has 1 aliphatic heterocycles. The standard InChI is InChI=1S/C26H22ClF3N4O4.C2H6/c1-3-24(35)34-8-6-17(7-9-34)37-23-11-18-20(12-22(23)36-2)32-14-15(13-31)25(18)33-16-4-5-21(19(27)10-16)38-26(28,29)30;1-2/h3-5,10-12,14,17H,1,6-9H2,2H3,(H,32,33);1-2H3. The Kier molecular flexibility index (Phi) is 10.1. The number of hydrogen-bond donors (Lipinski definition) is 1. The number of piperidine rings is 1. The maximum atomic E-state index is 12.6. The summed E-state index contributed by atoms with van der Waals surface area (Å²) in [6, 6.07) is 9.11. The normalized spacial score (nSPS) is 13.5. The highest BCUT2D eigenvalue weighted by molar-refractivity contribution is 6.32. The fourth-order valence-corrected chi connectivity index (χ4v) is 4.32. The van der Waals surface area contributed by atoms with Gasteiger partial charge in [-0.05, 0) is 30.3 Å². The molecule has 2 heterocycles. The first-order valence-corrected chi connectivity index (χ1v) is 12.8. The summed E-state index contributed by atoms with van der Waals surface area (Å²) in [5.41, 5.74) is 1.37. The van der Waals surface area contributed by atoms with Gasteiger partial charge in [0.05, 0.1) is 28.9 Å². The SMILES string of the molecule is C=CC(=O)N1CCC(Oc2cc3c(Nc4ccc(OC(F)(F)F)c(Cl)c4)c(C#N)cnc3cc2OC)CC1.CC. The topological polar surface area (TPSA) is 96.7 Å². The summed E-state index contributed by atoms with van der Waals surface area (Å²) in [5, 5.41) is 13.0. The van der Waals surface area contributed by atoms with Crippen molar-refractivity contribution in [1.29, 1.82) is 5.26 Å². The van der Waals surface area contributed by atoms with Gasteiger partial charge in [-0.15, -0.1) is 13.2 Å². The van der Waals surface area contributed by atoms with Crippen LogP contribution in [-0.4, -0.2) is 48.5 Å². The van der Waals surface area contributed by atoms with Gasteiger partial charge in [-0.2, -0.15) is 5.26 Å². The van der Waals surface area contributed by atoms with Crippen LogP contribution in [0.1, 0.15) is 32.3 Å². The molecule has 4 rings (SSSR count). The number of hydrogen-bond acceptors (Lipinski definition) is 7. The van der Waals surface area contributed by atoms with E-state index in [1.807, 2.05) is 13.8 Å². The van der Waals surface area contributed by atoms with Crippen LogP contribution in [0.4, 0.5) is 24.5 Å². The number of aromatic nitrogens is 1. The van der Waals surface area contributed by atoms with Crippen LogP contribution in [0.2, 0.25) is 5.02 Å². The second-order valence-electron chi connectivity index (χ2n) is 8.34. The fourth-order valence-electron chi connectivity index (χ4n) is 4.10. The molecule has 1 aromatic heterocycles. The number of pyridine rings is 1. The van der Waals surface area contributed by atoms with E-state index in [-0.39, 0.29) is 22.6 Å². The quantitative estimate of drug-likeness (QED) is 0.303. The molecule has 2 aromatic carbocycles. The Balaban J connectivity index is 0.00000216. The molecule has 8 nitrogen and oxygen atoms in total. The molecule has 1 amide bonds.